The van der Waals surface area contributed by atoms with Gasteiger partial charge in [0.1, 0.15) is 11.4 Å². The van der Waals surface area contributed by atoms with Crippen LogP contribution in [0.2, 0.25) is 0 Å². The second-order valence-corrected chi connectivity index (χ2v) is 3.95. The number of hydrogen-bond acceptors (Lipinski definition) is 6. The fourth-order valence-electron chi connectivity index (χ4n) is 1.26. The van der Waals surface area contributed by atoms with Crippen LogP contribution in [0.4, 0.5) is 10.6 Å². The number of aryl methyl sites for hydroxylation is 1. The van der Waals surface area contributed by atoms with Crippen LogP contribution in [0.25, 0.3) is 0 Å². The van der Waals surface area contributed by atoms with Crippen molar-refractivity contribution in [3.63, 3.8) is 0 Å². The van der Waals surface area contributed by atoms with Gasteiger partial charge in [0.25, 0.3) is 5.91 Å². The van der Waals surface area contributed by atoms with Gasteiger partial charge in [-0.15, -0.1) is 0 Å². The van der Waals surface area contributed by atoms with Gasteiger partial charge < -0.3 is 15.8 Å². The number of nitrogen functional groups attached to an aromatic ring is 1. The normalized spacial score (nSPS) is 9.90. The van der Waals surface area contributed by atoms with Crippen LogP contribution >= 0.6 is 0 Å². The lowest BCUT2D eigenvalue weighted by molar-refractivity contribution is -0.123. The van der Waals surface area contributed by atoms with Crippen LogP contribution in [0.3, 0.4) is 0 Å². The van der Waals surface area contributed by atoms with Crippen LogP contribution in [-0.4, -0.2) is 40.8 Å². The van der Waals surface area contributed by atoms with E-state index in [0.717, 1.165) is 6.42 Å². The Labute approximate surface area is 115 Å². The first-order chi connectivity index (χ1) is 9.45. The van der Waals surface area contributed by atoms with Crippen LogP contribution in [-0.2, 0) is 16.6 Å². The first-order valence-corrected chi connectivity index (χ1v) is 5.98. The third kappa shape index (κ3) is 4.26. The molecule has 0 unspecified atom stereocenters. The van der Waals surface area contributed by atoms with Crippen molar-refractivity contribution < 1.29 is 19.1 Å². The Hall–Kier alpha value is -2.58. The molecule has 0 bridgehead atoms. The minimum atomic E-state index is -0.778. The quantitative estimate of drug-likeness (QED) is 0.619. The molecule has 0 radical (unpaired) electrons. The van der Waals surface area contributed by atoms with Gasteiger partial charge in [-0.05, 0) is 6.42 Å². The van der Waals surface area contributed by atoms with Gasteiger partial charge in [-0.25, -0.2) is 9.59 Å². The number of ether oxygens (including phenoxy) is 1. The number of nitrogens with zero attached hydrogens (tertiary/aromatic N) is 2. The molecule has 0 spiro atoms. The summed E-state index contributed by atoms with van der Waals surface area (Å²) in [6, 6.07) is -0.631. The van der Waals surface area contributed by atoms with E-state index < -0.39 is 24.5 Å². The van der Waals surface area contributed by atoms with Crippen LogP contribution in [0.1, 0.15) is 23.7 Å². The number of esters is 1. The first kappa shape index (κ1) is 15.5. The number of rotatable bonds is 5. The second kappa shape index (κ2) is 7.12. The minimum absolute atomic E-state index is 0.0655. The maximum Gasteiger partial charge on any atom is 0.344 e. The van der Waals surface area contributed by atoms with Crippen LogP contribution in [0, 0.1) is 0 Å². The topological polar surface area (TPSA) is 128 Å². The highest BCUT2D eigenvalue weighted by Gasteiger charge is 2.17. The fraction of sp³-hybridized carbons (Fsp3) is 0.455. The summed E-state index contributed by atoms with van der Waals surface area (Å²) >= 11 is 0. The Balaban J connectivity index is 2.39. The average molecular weight is 283 g/mol. The Morgan fingerprint density at radius 1 is 1.45 bits per heavy atom. The Morgan fingerprint density at radius 3 is 2.70 bits per heavy atom. The van der Waals surface area contributed by atoms with Gasteiger partial charge in [-0.1, -0.05) is 6.92 Å². The van der Waals surface area contributed by atoms with Crippen LogP contribution < -0.4 is 16.4 Å². The number of imide groups is 1. The summed E-state index contributed by atoms with van der Waals surface area (Å²) in [4.78, 5) is 34.1. The van der Waals surface area contributed by atoms with Crippen LogP contribution in [0.15, 0.2) is 6.20 Å². The predicted molar refractivity (Wildman–Crippen MR) is 69.7 cm³/mol. The molecule has 20 heavy (non-hydrogen) atoms. The molecule has 0 aliphatic heterocycles. The molecule has 0 aromatic carbocycles. The van der Waals surface area contributed by atoms with Crippen molar-refractivity contribution in [1.82, 2.24) is 20.4 Å². The van der Waals surface area contributed by atoms with Gasteiger partial charge >= 0.3 is 12.0 Å². The van der Waals surface area contributed by atoms with E-state index in [2.05, 4.69) is 10.4 Å². The van der Waals surface area contributed by atoms with Crippen molar-refractivity contribution in [2.24, 2.45) is 7.05 Å². The number of anilines is 1. The summed E-state index contributed by atoms with van der Waals surface area (Å²) in [7, 11) is 1.57. The Morgan fingerprint density at radius 2 is 2.15 bits per heavy atom. The number of carbonyl (C=O) groups is 3. The molecule has 0 aliphatic carbocycles. The number of nitrogens with two attached hydrogens (primary N) is 1. The summed E-state index contributed by atoms with van der Waals surface area (Å²) in [6.07, 6.45) is 1.99. The van der Waals surface area contributed by atoms with Crippen molar-refractivity contribution in [2.45, 2.75) is 13.3 Å². The summed E-state index contributed by atoms with van der Waals surface area (Å²) in [6.45, 7) is 1.75. The highest BCUT2D eigenvalue weighted by Crippen LogP contribution is 2.10. The van der Waals surface area contributed by atoms with Crippen LogP contribution in [0.5, 0.6) is 0 Å². The van der Waals surface area contributed by atoms with E-state index in [4.69, 9.17) is 10.5 Å². The van der Waals surface area contributed by atoms with Crippen molar-refractivity contribution in [2.75, 3.05) is 18.9 Å². The van der Waals surface area contributed by atoms with E-state index in [9.17, 15) is 14.4 Å². The number of urea groups is 1. The molecule has 0 aliphatic rings. The highest BCUT2D eigenvalue weighted by atomic mass is 16.5. The lowest BCUT2D eigenvalue weighted by Gasteiger charge is -2.06. The molecule has 1 aromatic heterocycles. The number of aromatic nitrogens is 2. The zero-order valence-corrected chi connectivity index (χ0v) is 11.3. The summed E-state index contributed by atoms with van der Waals surface area (Å²) in [5.41, 5.74) is 5.65. The van der Waals surface area contributed by atoms with Gasteiger partial charge in [0, 0.05) is 13.6 Å². The van der Waals surface area contributed by atoms with E-state index in [1.165, 1.54) is 10.9 Å². The van der Waals surface area contributed by atoms with Gasteiger partial charge in [-0.2, -0.15) is 5.10 Å². The number of carbonyl (C=O) groups excluding carboxylic acids is 3. The van der Waals surface area contributed by atoms with E-state index in [1.54, 1.807) is 7.05 Å². The van der Waals surface area contributed by atoms with Gasteiger partial charge in [0.15, 0.2) is 6.61 Å². The summed E-state index contributed by atoms with van der Waals surface area (Å²) in [5, 5.41) is 8.25. The van der Waals surface area contributed by atoms with Crippen molar-refractivity contribution >= 4 is 23.7 Å². The Bertz CT molecular complexity index is 511. The van der Waals surface area contributed by atoms with Gasteiger partial charge in [0.2, 0.25) is 0 Å². The largest absolute Gasteiger partial charge is 0.452 e. The first-order valence-electron chi connectivity index (χ1n) is 5.98. The number of amides is 3. The molecule has 3 amide bonds. The Kier molecular flexibility index (Phi) is 5.51. The lowest BCUT2D eigenvalue weighted by Crippen LogP contribution is -2.41. The lowest BCUT2D eigenvalue weighted by atomic mass is 10.3. The standard InChI is InChI=1S/C11H17N5O4/c1-3-4-13-11(19)15-8(17)6-20-10(18)7-5-14-16(2)9(7)12/h5H,3-4,6,12H2,1-2H3,(H2,13,15,17,19). The molecule has 4 N–H and O–H groups in total. The molecule has 0 saturated heterocycles. The fourth-order valence-corrected chi connectivity index (χ4v) is 1.26. The molecule has 0 atom stereocenters. The third-order valence-corrected chi connectivity index (χ3v) is 2.33. The monoisotopic (exact) mass is 283 g/mol. The maximum atomic E-state index is 11.6. The molecule has 0 saturated carbocycles. The smallest absolute Gasteiger partial charge is 0.344 e. The van der Waals surface area contributed by atoms with E-state index in [0.29, 0.717) is 6.54 Å². The highest BCUT2D eigenvalue weighted by molar-refractivity contribution is 5.98. The molecular weight excluding hydrogens is 266 g/mol. The van der Waals surface area contributed by atoms with E-state index >= 15 is 0 Å². The molecular formula is C11H17N5O4. The predicted octanol–water partition coefficient (Wildman–Crippen LogP) is -0.605. The molecule has 9 heteroatoms. The minimum Gasteiger partial charge on any atom is -0.452 e. The summed E-state index contributed by atoms with van der Waals surface area (Å²) in [5.74, 6) is -1.37. The average Bonchev–Trinajstić information content (AvgIpc) is 2.74. The SMILES string of the molecule is CCCNC(=O)NC(=O)COC(=O)c1cnn(C)c1N. The molecule has 1 rings (SSSR count). The van der Waals surface area contributed by atoms with Crippen molar-refractivity contribution in [3.05, 3.63) is 11.8 Å². The maximum absolute atomic E-state index is 11.6. The number of nitrogens with one attached hydrogen (secondary N) is 2. The van der Waals surface area contributed by atoms with Gasteiger partial charge in [-0.3, -0.25) is 14.8 Å². The zero-order chi connectivity index (χ0) is 15.1. The molecule has 1 heterocycles. The molecule has 1 aromatic rings. The van der Waals surface area contributed by atoms with Gasteiger partial charge in [0.05, 0.1) is 6.20 Å². The number of hydrogen-bond donors (Lipinski definition) is 3. The van der Waals surface area contributed by atoms with E-state index in [-0.39, 0.29) is 11.4 Å². The molecule has 110 valence electrons. The second-order valence-electron chi connectivity index (χ2n) is 3.95. The molecule has 9 nitrogen and oxygen atoms in total. The van der Waals surface area contributed by atoms with E-state index in [1.807, 2.05) is 12.2 Å². The van der Waals surface area contributed by atoms with Crippen molar-refractivity contribution in [1.29, 1.82) is 0 Å². The van der Waals surface area contributed by atoms with Crippen molar-refractivity contribution in [3.8, 4) is 0 Å². The molecule has 0 fully saturated rings. The zero-order valence-electron chi connectivity index (χ0n) is 11.3. The summed E-state index contributed by atoms with van der Waals surface area (Å²) < 4.78 is 6.03. The third-order valence-electron chi connectivity index (χ3n) is 2.33.